The van der Waals surface area contributed by atoms with Crippen LogP contribution in [0.25, 0.3) is 10.9 Å². The van der Waals surface area contributed by atoms with Crippen LogP contribution in [0.5, 0.6) is 0 Å². The highest BCUT2D eigenvalue weighted by molar-refractivity contribution is 5.81. The van der Waals surface area contributed by atoms with Crippen molar-refractivity contribution in [3.63, 3.8) is 0 Å². The van der Waals surface area contributed by atoms with Gasteiger partial charge >= 0.3 is 0 Å². The first-order chi connectivity index (χ1) is 9.74. The van der Waals surface area contributed by atoms with Crippen LogP contribution in [0.2, 0.25) is 0 Å². The summed E-state index contributed by atoms with van der Waals surface area (Å²) in [5.41, 5.74) is 3.89. The average molecular weight is 264 g/mol. The largest absolute Gasteiger partial charge is 0.376 e. The molecule has 1 atom stereocenters. The number of anilines is 1. The standard InChI is InChI=1S/C16H16N4/c1-11-16(18-8-7-17-11)12(2)20-14-9-13-5-3-4-6-15(13)19-10-14/h3-10,12,20H,1-2H3. The number of para-hydroxylation sites is 1. The third-order valence-electron chi connectivity index (χ3n) is 3.30. The van der Waals surface area contributed by atoms with Crippen LogP contribution in [0.4, 0.5) is 5.69 Å². The van der Waals surface area contributed by atoms with Gasteiger partial charge in [-0.1, -0.05) is 18.2 Å². The van der Waals surface area contributed by atoms with Crippen LogP contribution in [0, 0.1) is 6.92 Å². The van der Waals surface area contributed by atoms with Crippen molar-refractivity contribution in [3.8, 4) is 0 Å². The molecule has 2 heterocycles. The van der Waals surface area contributed by atoms with Gasteiger partial charge in [0.15, 0.2) is 0 Å². The maximum atomic E-state index is 4.45. The third kappa shape index (κ3) is 2.45. The maximum Gasteiger partial charge on any atom is 0.0835 e. The zero-order valence-corrected chi connectivity index (χ0v) is 11.5. The lowest BCUT2D eigenvalue weighted by Crippen LogP contribution is -2.11. The third-order valence-corrected chi connectivity index (χ3v) is 3.30. The van der Waals surface area contributed by atoms with Gasteiger partial charge in [-0.3, -0.25) is 15.0 Å². The molecule has 2 aromatic heterocycles. The van der Waals surface area contributed by atoms with Gasteiger partial charge in [0.1, 0.15) is 0 Å². The molecule has 3 aromatic rings. The SMILES string of the molecule is Cc1nccnc1C(C)Nc1cnc2ccccc2c1. The normalized spacial score (nSPS) is 12.3. The van der Waals surface area contributed by atoms with Crippen molar-refractivity contribution in [2.45, 2.75) is 19.9 Å². The minimum atomic E-state index is 0.0895. The van der Waals surface area contributed by atoms with E-state index in [0.29, 0.717) is 0 Å². The molecule has 0 saturated carbocycles. The van der Waals surface area contributed by atoms with E-state index in [2.05, 4.69) is 39.3 Å². The Kier molecular flexibility index (Phi) is 3.29. The van der Waals surface area contributed by atoms with Crippen molar-refractivity contribution in [2.24, 2.45) is 0 Å². The number of aryl methyl sites for hydroxylation is 1. The zero-order chi connectivity index (χ0) is 13.9. The smallest absolute Gasteiger partial charge is 0.0835 e. The molecule has 0 fully saturated rings. The molecule has 1 unspecified atom stereocenters. The molecule has 1 N–H and O–H groups in total. The number of nitrogens with one attached hydrogen (secondary N) is 1. The predicted octanol–water partition coefficient (Wildman–Crippen LogP) is 3.51. The van der Waals surface area contributed by atoms with E-state index in [1.165, 1.54) is 0 Å². The molecule has 4 nitrogen and oxygen atoms in total. The van der Waals surface area contributed by atoms with Crippen LogP contribution in [0.1, 0.15) is 24.4 Å². The number of hydrogen-bond acceptors (Lipinski definition) is 4. The lowest BCUT2D eigenvalue weighted by molar-refractivity contribution is 0.809. The Balaban J connectivity index is 1.87. The number of aromatic nitrogens is 3. The molecule has 0 radical (unpaired) electrons. The second kappa shape index (κ2) is 5.25. The summed E-state index contributed by atoms with van der Waals surface area (Å²) in [5.74, 6) is 0. The van der Waals surface area contributed by atoms with Crippen molar-refractivity contribution in [2.75, 3.05) is 5.32 Å². The summed E-state index contributed by atoms with van der Waals surface area (Å²) >= 11 is 0. The first kappa shape index (κ1) is 12.5. The topological polar surface area (TPSA) is 50.7 Å². The van der Waals surface area contributed by atoms with E-state index in [-0.39, 0.29) is 6.04 Å². The van der Waals surface area contributed by atoms with Gasteiger partial charge in [-0.05, 0) is 26.0 Å². The van der Waals surface area contributed by atoms with Crippen molar-refractivity contribution in [1.82, 2.24) is 15.0 Å². The highest BCUT2D eigenvalue weighted by atomic mass is 15.0. The lowest BCUT2D eigenvalue weighted by Gasteiger charge is -2.16. The quantitative estimate of drug-likeness (QED) is 0.786. The number of fused-ring (bicyclic) bond motifs is 1. The van der Waals surface area contributed by atoms with E-state index >= 15 is 0 Å². The summed E-state index contributed by atoms with van der Waals surface area (Å²) in [6, 6.07) is 10.3. The molecule has 1 aromatic carbocycles. The summed E-state index contributed by atoms with van der Waals surface area (Å²) in [7, 11) is 0. The Hall–Kier alpha value is -2.49. The Bertz CT molecular complexity index is 739. The maximum absolute atomic E-state index is 4.45. The number of rotatable bonds is 3. The molecule has 0 aliphatic heterocycles. The van der Waals surface area contributed by atoms with Crippen LogP contribution in [-0.2, 0) is 0 Å². The van der Waals surface area contributed by atoms with Crippen LogP contribution in [0.3, 0.4) is 0 Å². The first-order valence-electron chi connectivity index (χ1n) is 6.63. The molecule has 3 rings (SSSR count). The predicted molar refractivity (Wildman–Crippen MR) is 80.5 cm³/mol. The Morgan fingerprint density at radius 1 is 1.05 bits per heavy atom. The van der Waals surface area contributed by atoms with Crippen molar-refractivity contribution < 1.29 is 0 Å². The van der Waals surface area contributed by atoms with E-state index in [1.54, 1.807) is 12.4 Å². The molecule has 0 aliphatic rings. The Morgan fingerprint density at radius 2 is 1.85 bits per heavy atom. The highest BCUT2D eigenvalue weighted by Crippen LogP contribution is 2.21. The Labute approximate surface area is 117 Å². The van der Waals surface area contributed by atoms with Gasteiger partial charge in [0.2, 0.25) is 0 Å². The molecule has 20 heavy (non-hydrogen) atoms. The fourth-order valence-electron chi connectivity index (χ4n) is 2.31. The van der Waals surface area contributed by atoms with E-state index in [9.17, 15) is 0 Å². The number of benzene rings is 1. The number of hydrogen-bond donors (Lipinski definition) is 1. The number of pyridine rings is 1. The van der Waals surface area contributed by atoms with E-state index in [4.69, 9.17) is 0 Å². The van der Waals surface area contributed by atoms with Crippen LogP contribution in [-0.4, -0.2) is 15.0 Å². The molecular formula is C16H16N4. The van der Waals surface area contributed by atoms with Crippen molar-refractivity contribution in [1.29, 1.82) is 0 Å². The fourth-order valence-corrected chi connectivity index (χ4v) is 2.31. The second-order valence-electron chi connectivity index (χ2n) is 4.81. The molecule has 0 saturated heterocycles. The molecule has 0 spiro atoms. The second-order valence-corrected chi connectivity index (χ2v) is 4.81. The molecule has 100 valence electrons. The molecule has 4 heteroatoms. The van der Waals surface area contributed by atoms with Crippen LogP contribution < -0.4 is 5.32 Å². The van der Waals surface area contributed by atoms with Gasteiger partial charge in [0.25, 0.3) is 0 Å². The summed E-state index contributed by atoms with van der Waals surface area (Å²) in [4.78, 5) is 13.1. The Morgan fingerprint density at radius 3 is 2.70 bits per heavy atom. The highest BCUT2D eigenvalue weighted by Gasteiger charge is 2.10. The van der Waals surface area contributed by atoms with Crippen LogP contribution >= 0.6 is 0 Å². The summed E-state index contributed by atoms with van der Waals surface area (Å²) in [6.45, 7) is 4.05. The van der Waals surface area contributed by atoms with Gasteiger partial charge in [0.05, 0.1) is 34.8 Å². The summed E-state index contributed by atoms with van der Waals surface area (Å²) < 4.78 is 0. The lowest BCUT2D eigenvalue weighted by atomic mass is 10.1. The average Bonchev–Trinajstić information content (AvgIpc) is 2.47. The van der Waals surface area contributed by atoms with Crippen molar-refractivity contribution >= 4 is 16.6 Å². The van der Waals surface area contributed by atoms with Gasteiger partial charge in [0, 0.05) is 17.8 Å². The molecule has 0 amide bonds. The van der Waals surface area contributed by atoms with Gasteiger partial charge in [-0.2, -0.15) is 0 Å². The van der Waals surface area contributed by atoms with Gasteiger partial charge < -0.3 is 5.32 Å². The number of nitrogens with zero attached hydrogens (tertiary/aromatic N) is 3. The first-order valence-corrected chi connectivity index (χ1v) is 6.63. The molecule has 0 bridgehead atoms. The van der Waals surface area contributed by atoms with E-state index < -0.39 is 0 Å². The summed E-state index contributed by atoms with van der Waals surface area (Å²) in [5, 5.41) is 4.55. The van der Waals surface area contributed by atoms with E-state index in [1.807, 2.05) is 31.3 Å². The van der Waals surface area contributed by atoms with E-state index in [0.717, 1.165) is 28.0 Å². The molecular weight excluding hydrogens is 248 g/mol. The fraction of sp³-hybridized carbons (Fsp3) is 0.188. The monoisotopic (exact) mass is 264 g/mol. The van der Waals surface area contributed by atoms with Crippen LogP contribution in [0.15, 0.2) is 48.9 Å². The minimum absolute atomic E-state index is 0.0895. The summed E-state index contributed by atoms with van der Waals surface area (Å²) in [6.07, 6.45) is 5.28. The van der Waals surface area contributed by atoms with Gasteiger partial charge in [-0.15, -0.1) is 0 Å². The molecule has 0 aliphatic carbocycles. The zero-order valence-electron chi connectivity index (χ0n) is 11.5. The minimum Gasteiger partial charge on any atom is -0.376 e. The van der Waals surface area contributed by atoms with Gasteiger partial charge in [-0.25, -0.2) is 0 Å². The van der Waals surface area contributed by atoms with Crippen molar-refractivity contribution in [3.05, 3.63) is 60.3 Å².